The predicted octanol–water partition coefficient (Wildman–Crippen LogP) is 3.30. The van der Waals surface area contributed by atoms with Crippen LogP contribution in [-0.4, -0.2) is 29.0 Å². The molecule has 0 saturated carbocycles. The summed E-state index contributed by atoms with van der Waals surface area (Å²) in [6.07, 6.45) is 6.63. The summed E-state index contributed by atoms with van der Waals surface area (Å²) in [5.41, 5.74) is 7.76. The monoisotopic (exact) mass is 380 g/mol. The topological polar surface area (TPSA) is 105 Å². The molecule has 1 aromatic carbocycles. The lowest BCUT2D eigenvalue weighted by Crippen LogP contribution is -2.14. The van der Waals surface area contributed by atoms with Gasteiger partial charge in [0.2, 0.25) is 5.91 Å². The number of pyridine rings is 1. The minimum atomic E-state index is -0.247. The summed E-state index contributed by atoms with van der Waals surface area (Å²) >= 11 is 1.57. The highest BCUT2D eigenvalue weighted by atomic mass is 32.1. The minimum Gasteiger partial charge on any atom is -0.397 e. The third kappa shape index (κ3) is 5.82. The lowest BCUT2D eigenvalue weighted by Gasteiger charge is -2.06. The Hall–Kier alpha value is -3.39. The van der Waals surface area contributed by atoms with Crippen LogP contribution in [0.15, 0.2) is 60.2 Å². The van der Waals surface area contributed by atoms with Gasteiger partial charge in [0.25, 0.3) is 0 Å². The molecule has 8 heteroatoms. The van der Waals surface area contributed by atoms with Gasteiger partial charge in [-0.2, -0.15) is 0 Å². The normalized spacial score (nSPS) is 10.7. The molecule has 0 fully saturated rings. The standard InChI is InChI=1S/C19H20N6OS/c20-15-3-1-2-4-16(15)25-18(26)8-6-14-5-7-17(24-13-14)21-9-10-22-19-23-11-12-27-19/h1-8,11-13H,9-10,20H2,(H,21,24)(H,22,23)(H,25,26). The zero-order valence-electron chi connectivity index (χ0n) is 14.6. The Morgan fingerprint density at radius 3 is 2.70 bits per heavy atom. The van der Waals surface area contributed by atoms with Gasteiger partial charge in [-0.05, 0) is 35.9 Å². The number of rotatable bonds is 8. The predicted molar refractivity (Wildman–Crippen MR) is 112 cm³/mol. The van der Waals surface area contributed by atoms with Gasteiger partial charge in [0.15, 0.2) is 5.13 Å². The summed E-state index contributed by atoms with van der Waals surface area (Å²) in [4.78, 5) is 20.5. The molecule has 2 heterocycles. The van der Waals surface area contributed by atoms with Crippen LogP contribution in [0.25, 0.3) is 6.08 Å². The van der Waals surface area contributed by atoms with Crippen molar-refractivity contribution in [1.82, 2.24) is 9.97 Å². The Kier molecular flexibility index (Phi) is 6.37. The Balaban J connectivity index is 1.44. The molecule has 0 aliphatic carbocycles. The number of anilines is 4. The van der Waals surface area contributed by atoms with Crippen molar-refractivity contribution in [2.45, 2.75) is 0 Å². The second-order valence-corrected chi connectivity index (χ2v) is 6.47. The van der Waals surface area contributed by atoms with Gasteiger partial charge in [-0.3, -0.25) is 4.79 Å². The van der Waals surface area contributed by atoms with E-state index in [1.54, 1.807) is 41.9 Å². The number of thiazole rings is 1. The number of hydrogen-bond acceptors (Lipinski definition) is 7. The molecule has 3 aromatic rings. The summed E-state index contributed by atoms with van der Waals surface area (Å²) in [6.45, 7) is 1.47. The maximum atomic E-state index is 12.0. The highest BCUT2D eigenvalue weighted by Gasteiger charge is 2.01. The van der Waals surface area contributed by atoms with Gasteiger partial charge in [-0.1, -0.05) is 12.1 Å². The van der Waals surface area contributed by atoms with Gasteiger partial charge in [0.1, 0.15) is 5.82 Å². The van der Waals surface area contributed by atoms with Crippen LogP contribution in [0.2, 0.25) is 0 Å². The molecule has 0 bridgehead atoms. The highest BCUT2D eigenvalue weighted by molar-refractivity contribution is 7.13. The van der Waals surface area contributed by atoms with Crippen LogP contribution in [0, 0.1) is 0 Å². The van der Waals surface area contributed by atoms with E-state index in [0.29, 0.717) is 11.4 Å². The summed E-state index contributed by atoms with van der Waals surface area (Å²) in [5.74, 6) is 0.526. The van der Waals surface area contributed by atoms with E-state index in [1.165, 1.54) is 6.08 Å². The van der Waals surface area contributed by atoms with Crippen molar-refractivity contribution in [2.75, 3.05) is 34.8 Å². The fourth-order valence-corrected chi connectivity index (χ4v) is 2.79. The molecular formula is C19H20N6OS. The molecule has 0 spiro atoms. The molecule has 138 valence electrons. The smallest absolute Gasteiger partial charge is 0.248 e. The van der Waals surface area contributed by atoms with Crippen molar-refractivity contribution in [1.29, 1.82) is 0 Å². The average molecular weight is 380 g/mol. The summed E-state index contributed by atoms with van der Waals surface area (Å²) in [7, 11) is 0. The summed E-state index contributed by atoms with van der Waals surface area (Å²) in [6, 6.07) is 10.9. The van der Waals surface area contributed by atoms with Gasteiger partial charge in [-0.15, -0.1) is 11.3 Å². The van der Waals surface area contributed by atoms with E-state index < -0.39 is 0 Å². The van der Waals surface area contributed by atoms with Crippen LogP contribution in [0.4, 0.5) is 22.3 Å². The molecule has 1 amide bonds. The quantitative estimate of drug-likeness (QED) is 0.271. The molecule has 7 nitrogen and oxygen atoms in total. The van der Waals surface area contributed by atoms with Gasteiger partial charge in [-0.25, -0.2) is 9.97 Å². The summed E-state index contributed by atoms with van der Waals surface area (Å²) < 4.78 is 0. The SMILES string of the molecule is Nc1ccccc1NC(=O)C=Cc1ccc(NCCNc2nccs2)nc1. The van der Waals surface area contributed by atoms with Crippen molar-refractivity contribution in [3.05, 3.63) is 65.8 Å². The molecule has 27 heavy (non-hydrogen) atoms. The second-order valence-electron chi connectivity index (χ2n) is 5.58. The molecule has 2 aromatic heterocycles. The molecule has 0 saturated heterocycles. The first-order chi connectivity index (χ1) is 13.2. The number of nitrogens with zero attached hydrogens (tertiary/aromatic N) is 2. The maximum absolute atomic E-state index is 12.0. The zero-order valence-corrected chi connectivity index (χ0v) is 15.4. The van der Waals surface area contributed by atoms with Gasteiger partial charge < -0.3 is 21.7 Å². The molecule has 3 rings (SSSR count). The Morgan fingerprint density at radius 1 is 1.11 bits per heavy atom. The first-order valence-electron chi connectivity index (χ1n) is 8.37. The number of nitrogens with one attached hydrogen (secondary N) is 3. The van der Waals surface area contributed by atoms with Gasteiger partial charge in [0, 0.05) is 36.9 Å². The van der Waals surface area contributed by atoms with Crippen LogP contribution in [0.5, 0.6) is 0 Å². The first-order valence-corrected chi connectivity index (χ1v) is 9.25. The molecule has 0 aliphatic heterocycles. The van der Waals surface area contributed by atoms with Crippen molar-refractivity contribution in [2.24, 2.45) is 0 Å². The molecule has 5 N–H and O–H groups in total. The van der Waals surface area contributed by atoms with Crippen LogP contribution in [-0.2, 0) is 4.79 Å². The molecular weight excluding hydrogens is 360 g/mol. The third-order valence-electron chi connectivity index (χ3n) is 3.57. The number of para-hydroxylation sites is 2. The fraction of sp³-hybridized carbons (Fsp3) is 0.105. The number of hydrogen-bond donors (Lipinski definition) is 4. The highest BCUT2D eigenvalue weighted by Crippen LogP contribution is 2.16. The third-order valence-corrected chi connectivity index (χ3v) is 4.30. The molecule has 0 atom stereocenters. The number of aromatic nitrogens is 2. The van der Waals surface area contributed by atoms with Crippen LogP contribution < -0.4 is 21.7 Å². The number of nitrogens with two attached hydrogens (primary N) is 1. The fourth-order valence-electron chi connectivity index (χ4n) is 2.24. The lowest BCUT2D eigenvalue weighted by molar-refractivity contribution is -0.111. The van der Waals surface area contributed by atoms with Crippen molar-refractivity contribution < 1.29 is 4.79 Å². The van der Waals surface area contributed by atoms with E-state index in [9.17, 15) is 4.79 Å². The number of carbonyl (C=O) groups is 1. The first kappa shape index (κ1) is 18.4. The molecule has 0 radical (unpaired) electrons. The van der Waals surface area contributed by atoms with E-state index in [0.717, 1.165) is 29.6 Å². The summed E-state index contributed by atoms with van der Waals surface area (Å²) in [5, 5.41) is 12.0. The van der Waals surface area contributed by atoms with Gasteiger partial charge >= 0.3 is 0 Å². The Bertz CT molecular complexity index is 893. The van der Waals surface area contributed by atoms with Gasteiger partial charge in [0.05, 0.1) is 11.4 Å². The Labute approximate surface area is 161 Å². The van der Waals surface area contributed by atoms with Crippen LogP contribution >= 0.6 is 11.3 Å². The van der Waals surface area contributed by atoms with E-state index in [4.69, 9.17) is 5.73 Å². The van der Waals surface area contributed by atoms with E-state index in [2.05, 4.69) is 25.9 Å². The molecule has 0 unspecified atom stereocenters. The maximum Gasteiger partial charge on any atom is 0.248 e. The number of carbonyl (C=O) groups excluding carboxylic acids is 1. The second kappa shape index (κ2) is 9.35. The van der Waals surface area contributed by atoms with E-state index in [-0.39, 0.29) is 5.91 Å². The number of nitrogen functional groups attached to an aromatic ring is 1. The molecule has 0 aliphatic rings. The largest absolute Gasteiger partial charge is 0.397 e. The number of amides is 1. The van der Waals surface area contributed by atoms with E-state index >= 15 is 0 Å². The van der Waals surface area contributed by atoms with Crippen molar-refractivity contribution in [3.63, 3.8) is 0 Å². The van der Waals surface area contributed by atoms with Crippen molar-refractivity contribution >= 4 is 45.6 Å². The average Bonchev–Trinajstić information content (AvgIpc) is 3.20. The number of benzene rings is 1. The Morgan fingerprint density at radius 2 is 1.96 bits per heavy atom. The lowest BCUT2D eigenvalue weighted by atomic mass is 10.2. The van der Waals surface area contributed by atoms with Crippen molar-refractivity contribution in [3.8, 4) is 0 Å². The zero-order chi connectivity index (χ0) is 18.9. The van der Waals surface area contributed by atoms with Crippen LogP contribution in [0.1, 0.15) is 5.56 Å². The van der Waals surface area contributed by atoms with E-state index in [1.807, 2.05) is 29.6 Å². The minimum absolute atomic E-state index is 0.247. The van der Waals surface area contributed by atoms with Crippen LogP contribution in [0.3, 0.4) is 0 Å².